The minimum absolute atomic E-state index is 0.333. The Balaban J connectivity index is 2.54. The molecule has 0 aromatic rings. The van der Waals surface area contributed by atoms with Crippen molar-refractivity contribution in [1.82, 2.24) is 0 Å². The van der Waals surface area contributed by atoms with Crippen LogP contribution in [0.1, 0.15) is 6.92 Å². The molecule has 1 atom stereocenters. The molecule has 0 unspecified atom stereocenters. The number of alkyl halides is 1. The van der Waals surface area contributed by atoms with Crippen molar-refractivity contribution in [3.05, 3.63) is 0 Å². The van der Waals surface area contributed by atoms with E-state index in [2.05, 4.69) is 0 Å². The molecule has 0 saturated heterocycles. The molecule has 0 aromatic carbocycles. The molecule has 0 spiro atoms. The standard InChI is InChI=1S/C3H7ClO/c1-3(5)2-4/h3,5H,2H2,1H3/t3-/m1/s1. The van der Waals surface area contributed by atoms with E-state index in [0.29, 0.717) is 5.88 Å². The SMILES string of the molecule is C[C@@H](O)CCl. The Kier molecular flexibility index (Phi) is 2.61. The highest BCUT2D eigenvalue weighted by Gasteiger charge is 1.83. The summed E-state index contributed by atoms with van der Waals surface area (Å²) < 4.78 is 0. The van der Waals surface area contributed by atoms with Crippen molar-refractivity contribution in [2.24, 2.45) is 0 Å². The van der Waals surface area contributed by atoms with E-state index in [0.717, 1.165) is 0 Å². The predicted octanol–water partition coefficient (Wildman–Crippen LogP) is 0.606. The monoisotopic (exact) mass is 94.0 g/mol. The van der Waals surface area contributed by atoms with E-state index in [1.165, 1.54) is 0 Å². The molecule has 5 heavy (non-hydrogen) atoms. The molecule has 0 heterocycles. The fourth-order valence-corrected chi connectivity index (χ4v) is 0. The largest absolute Gasteiger partial charge is 0.392 e. The van der Waals surface area contributed by atoms with Gasteiger partial charge in [0, 0.05) is 5.88 Å². The molecule has 32 valence electrons. The summed E-state index contributed by atoms with van der Waals surface area (Å²) in [7, 11) is 0. The Morgan fingerprint density at radius 1 is 2.00 bits per heavy atom. The molecular weight excluding hydrogens is 87.5 g/mol. The molecule has 0 aliphatic rings. The van der Waals surface area contributed by atoms with E-state index in [1.807, 2.05) is 0 Å². The lowest BCUT2D eigenvalue weighted by Crippen LogP contribution is -1.98. The Morgan fingerprint density at radius 2 is 2.20 bits per heavy atom. The van der Waals surface area contributed by atoms with Crippen LogP contribution < -0.4 is 0 Å². The zero-order chi connectivity index (χ0) is 4.28. The van der Waals surface area contributed by atoms with Crippen LogP contribution >= 0.6 is 11.6 Å². The minimum atomic E-state index is -0.350. The van der Waals surface area contributed by atoms with Crippen molar-refractivity contribution in [1.29, 1.82) is 0 Å². The molecule has 0 fully saturated rings. The second kappa shape index (κ2) is 2.49. The third kappa shape index (κ3) is 4.25. The predicted molar refractivity (Wildman–Crippen MR) is 22.4 cm³/mol. The summed E-state index contributed by atoms with van der Waals surface area (Å²) in [6.45, 7) is 1.65. The van der Waals surface area contributed by atoms with Gasteiger partial charge in [-0.15, -0.1) is 11.6 Å². The number of rotatable bonds is 1. The molecular formula is C3H7ClO. The second-order valence-electron chi connectivity index (χ2n) is 1.00. The molecule has 1 N–H and O–H groups in total. The van der Waals surface area contributed by atoms with Gasteiger partial charge in [0.1, 0.15) is 0 Å². The van der Waals surface area contributed by atoms with E-state index >= 15 is 0 Å². The molecule has 0 saturated carbocycles. The average Bonchev–Trinajstić information content (AvgIpc) is 1.38. The third-order valence-corrected chi connectivity index (χ3v) is 0.670. The average molecular weight is 94.5 g/mol. The van der Waals surface area contributed by atoms with Gasteiger partial charge in [-0.25, -0.2) is 0 Å². The highest BCUT2D eigenvalue weighted by Crippen LogP contribution is 1.80. The minimum Gasteiger partial charge on any atom is -0.392 e. The maximum absolute atomic E-state index is 8.23. The van der Waals surface area contributed by atoms with E-state index in [-0.39, 0.29) is 6.10 Å². The van der Waals surface area contributed by atoms with Crippen LogP contribution in [-0.2, 0) is 0 Å². The molecule has 0 bridgehead atoms. The number of aliphatic hydroxyl groups is 1. The van der Waals surface area contributed by atoms with Crippen molar-refractivity contribution >= 4 is 11.6 Å². The highest BCUT2D eigenvalue weighted by atomic mass is 35.5. The lowest BCUT2D eigenvalue weighted by molar-refractivity contribution is 0.219. The van der Waals surface area contributed by atoms with Gasteiger partial charge in [0.25, 0.3) is 0 Å². The molecule has 0 aliphatic heterocycles. The van der Waals surface area contributed by atoms with Gasteiger partial charge in [-0.1, -0.05) is 0 Å². The molecule has 0 aliphatic carbocycles. The fraction of sp³-hybridized carbons (Fsp3) is 1.00. The molecule has 2 heteroatoms. The first-order chi connectivity index (χ1) is 2.27. The zero-order valence-electron chi connectivity index (χ0n) is 3.11. The summed E-state index contributed by atoms with van der Waals surface area (Å²) in [5, 5.41) is 8.23. The molecule has 0 rings (SSSR count). The highest BCUT2D eigenvalue weighted by molar-refractivity contribution is 6.18. The number of hydrogen-bond donors (Lipinski definition) is 1. The summed E-state index contributed by atoms with van der Waals surface area (Å²) in [6, 6.07) is 0. The van der Waals surface area contributed by atoms with Gasteiger partial charge in [0.05, 0.1) is 6.10 Å². The van der Waals surface area contributed by atoms with Crippen molar-refractivity contribution in [3.63, 3.8) is 0 Å². The molecule has 0 amide bonds. The Bertz CT molecular complexity index is 20.9. The Hall–Kier alpha value is 0.250. The third-order valence-electron chi connectivity index (χ3n) is 0.223. The first-order valence-electron chi connectivity index (χ1n) is 1.51. The Morgan fingerprint density at radius 3 is 2.20 bits per heavy atom. The van der Waals surface area contributed by atoms with Crippen molar-refractivity contribution in [2.45, 2.75) is 13.0 Å². The topological polar surface area (TPSA) is 20.2 Å². The van der Waals surface area contributed by atoms with Gasteiger partial charge in [-0.2, -0.15) is 0 Å². The van der Waals surface area contributed by atoms with Gasteiger partial charge in [-0.3, -0.25) is 0 Å². The van der Waals surface area contributed by atoms with Gasteiger partial charge in [0.2, 0.25) is 0 Å². The van der Waals surface area contributed by atoms with Crippen LogP contribution in [0.3, 0.4) is 0 Å². The molecule has 0 radical (unpaired) electrons. The maximum atomic E-state index is 8.23. The number of hydrogen-bond acceptors (Lipinski definition) is 1. The van der Waals surface area contributed by atoms with Gasteiger partial charge in [0.15, 0.2) is 0 Å². The number of halogens is 1. The lowest BCUT2D eigenvalue weighted by Gasteiger charge is -1.88. The van der Waals surface area contributed by atoms with Crippen molar-refractivity contribution in [2.75, 3.05) is 5.88 Å². The van der Waals surface area contributed by atoms with Gasteiger partial charge in [-0.05, 0) is 6.92 Å². The number of aliphatic hydroxyl groups excluding tert-OH is 1. The quantitative estimate of drug-likeness (QED) is 0.472. The van der Waals surface area contributed by atoms with Gasteiger partial charge < -0.3 is 5.11 Å². The molecule has 1 nitrogen and oxygen atoms in total. The summed E-state index contributed by atoms with van der Waals surface area (Å²) >= 11 is 5.09. The van der Waals surface area contributed by atoms with E-state index in [9.17, 15) is 0 Å². The first kappa shape index (κ1) is 5.25. The first-order valence-corrected chi connectivity index (χ1v) is 2.05. The smallest absolute Gasteiger partial charge is 0.0647 e. The zero-order valence-corrected chi connectivity index (χ0v) is 3.87. The Labute approximate surface area is 36.6 Å². The summed E-state index contributed by atoms with van der Waals surface area (Å²) in [4.78, 5) is 0. The van der Waals surface area contributed by atoms with E-state index < -0.39 is 0 Å². The van der Waals surface area contributed by atoms with E-state index in [4.69, 9.17) is 16.7 Å². The van der Waals surface area contributed by atoms with Crippen LogP contribution in [0.5, 0.6) is 0 Å². The summed E-state index contributed by atoms with van der Waals surface area (Å²) in [5.41, 5.74) is 0. The van der Waals surface area contributed by atoms with Crippen LogP contribution in [0.25, 0.3) is 0 Å². The summed E-state index contributed by atoms with van der Waals surface area (Å²) in [5.74, 6) is 0.333. The van der Waals surface area contributed by atoms with Crippen LogP contribution in [0, 0.1) is 0 Å². The maximum Gasteiger partial charge on any atom is 0.0647 e. The fourth-order valence-electron chi connectivity index (χ4n) is 0. The van der Waals surface area contributed by atoms with Crippen LogP contribution in [0.15, 0.2) is 0 Å². The summed E-state index contributed by atoms with van der Waals surface area (Å²) in [6.07, 6.45) is -0.350. The van der Waals surface area contributed by atoms with Crippen molar-refractivity contribution in [3.8, 4) is 0 Å². The van der Waals surface area contributed by atoms with Gasteiger partial charge >= 0.3 is 0 Å². The lowest BCUT2D eigenvalue weighted by atomic mass is 10.5. The van der Waals surface area contributed by atoms with Crippen LogP contribution in [0.4, 0.5) is 0 Å². The second-order valence-corrected chi connectivity index (χ2v) is 1.31. The molecule has 0 aromatic heterocycles. The van der Waals surface area contributed by atoms with Crippen molar-refractivity contribution < 1.29 is 5.11 Å². The van der Waals surface area contributed by atoms with Crippen LogP contribution in [-0.4, -0.2) is 17.1 Å². The van der Waals surface area contributed by atoms with E-state index in [1.54, 1.807) is 6.92 Å². The normalized spacial score (nSPS) is 15.0. The van der Waals surface area contributed by atoms with Crippen LogP contribution in [0.2, 0.25) is 0 Å².